The largest absolute Gasteiger partial charge is 0.486 e. The highest BCUT2D eigenvalue weighted by Gasteiger charge is 2.15. The molecular weight excluding hydrogens is 372 g/mol. The van der Waals surface area contributed by atoms with Gasteiger partial charge in [0.05, 0.1) is 4.92 Å². The van der Waals surface area contributed by atoms with E-state index in [0.29, 0.717) is 10.0 Å². The van der Waals surface area contributed by atoms with E-state index in [0.717, 1.165) is 6.07 Å². The van der Waals surface area contributed by atoms with Gasteiger partial charge in [0.15, 0.2) is 11.6 Å². The van der Waals surface area contributed by atoms with Gasteiger partial charge in [-0.3, -0.25) is 10.1 Å². The van der Waals surface area contributed by atoms with Crippen LogP contribution in [0, 0.1) is 21.7 Å². The highest BCUT2D eigenvalue weighted by molar-refractivity contribution is 9.10. The highest BCUT2D eigenvalue weighted by Crippen LogP contribution is 2.28. The zero-order valence-electron chi connectivity index (χ0n) is 10.3. The second-order valence-electron chi connectivity index (χ2n) is 4.03. The van der Waals surface area contributed by atoms with Crippen LogP contribution >= 0.6 is 27.5 Å². The number of nitrogens with zero attached hydrogens (tertiary/aromatic N) is 1. The molecule has 21 heavy (non-hydrogen) atoms. The Labute approximate surface area is 131 Å². The minimum atomic E-state index is -1.12. The lowest BCUT2D eigenvalue weighted by Crippen LogP contribution is -2.00. The Morgan fingerprint density at radius 1 is 1.29 bits per heavy atom. The molecule has 0 unspecified atom stereocenters. The molecule has 0 N–H and O–H groups in total. The van der Waals surface area contributed by atoms with Gasteiger partial charge in [0.1, 0.15) is 11.6 Å². The molecule has 0 heterocycles. The molecule has 0 amide bonds. The fraction of sp³-hybridized carbons (Fsp3) is 0.0769. The van der Waals surface area contributed by atoms with Crippen LogP contribution in [0.3, 0.4) is 0 Å². The van der Waals surface area contributed by atoms with Crippen molar-refractivity contribution in [3.05, 3.63) is 67.1 Å². The first kappa shape index (κ1) is 15.7. The van der Waals surface area contributed by atoms with E-state index in [4.69, 9.17) is 16.3 Å². The first-order valence-electron chi connectivity index (χ1n) is 5.58. The number of ether oxygens (including phenoxy) is 1. The standard InChI is InChI=1S/C13H7BrClF2NO3/c14-8-4-10(16)13(17)12(5-8)21-6-7-1-2-9(15)11(3-7)18(19)20/h1-5H,6H2. The normalized spacial score (nSPS) is 10.5. The summed E-state index contributed by atoms with van der Waals surface area (Å²) in [5.41, 5.74) is 0.129. The van der Waals surface area contributed by atoms with E-state index in [1.165, 1.54) is 24.3 Å². The molecule has 2 rings (SSSR count). The second kappa shape index (κ2) is 6.36. The molecule has 0 saturated heterocycles. The summed E-state index contributed by atoms with van der Waals surface area (Å²) in [5, 5.41) is 10.7. The van der Waals surface area contributed by atoms with Crippen molar-refractivity contribution in [3.63, 3.8) is 0 Å². The maximum absolute atomic E-state index is 13.5. The smallest absolute Gasteiger partial charge is 0.288 e. The number of benzene rings is 2. The van der Waals surface area contributed by atoms with Gasteiger partial charge in [-0.1, -0.05) is 33.6 Å². The predicted molar refractivity (Wildman–Crippen MR) is 76.5 cm³/mol. The number of hydrogen-bond acceptors (Lipinski definition) is 3. The summed E-state index contributed by atoms with van der Waals surface area (Å²) in [6.07, 6.45) is 0. The van der Waals surface area contributed by atoms with Crippen molar-refractivity contribution in [2.24, 2.45) is 0 Å². The lowest BCUT2D eigenvalue weighted by Gasteiger charge is -2.08. The van der Waals surface area contributed by atoms with Crippen molar-refractivity contribution < 1.29 is 18.4 Å². The van der Waals surface area contributed by atoms with E-state index >= 15 is 0 Å². The summed E-state index contributed by atoms with van der Waals surface area (Å²) < 4.78 is 32.2. The summed E-state index contributed by atoms with van der Waals surface area (Å²) in [5.74, 6) is -2.47. The maximum atomic E-state index is 13.5. The van der Waals surface area contributed by atoms with Crippen LogP contribution in [-0.4, -0.2) is 4.92 Å². The van der Waals surface area contributed by atoms with Crippen LogP contribution in [-0.2, 0) is 6.61 Å². The summed E-state index contributed by atoms with van der Waals surface area (Å²) in [4.78, 5) is 10.1. The van der Waals surface area contributed by atoms with Gasteiger partial charge in [-0.05, 0) is 23.8 Å². The molecular formula is C13H7BrClF2NO3. The molecule has 0 atom stereocenters. The topological polar surface area (TPSA) is 52.4 Å². The molecule has 4 nitrogen and oxygen atoms in total. The first-order chi connectivity index (χ1) is 9.88. The molecule has 0 aliphatic rings. The number of halogens is 4. The lowest BCUT2D eigenvalue weighted by atomic mass is 10.2. The fourth-order valence-electron chi connectivity index (χ4n) is 1.59. The third-order valence-corrected chi connectivity index (χ3v) is 3.34. The molecule has 0 aromatic heterocycles. The van der Waals surface area contributed by atoms with Crippen LogP contribution in [0.2, 0.25) is 5.02 Å². The van der Waals surface area contributed by atoms with E-state index in [2.05, 4.69) is 15.9 Å². The third kappa shape index (κ3) is 3.68. The quantitative estimate of drug-likeness (QED) is 0.433. The summed E-state index contributed by atoms with van der Waals surface area (Å²) >= 11 is 8.70. The van der Waals surface area contributed by atoms with Gasteiger partial charge in [-0.15, -0.1) is 0 Å². The minimum absolute atomic E-state index is 0.0107. The molecule has 0 bridgehead atoms. The molecule has 8 heteroatoms. The monoisotopic (exact) mass is 377 g/mol. The number of nitro benzene ring substituents is 1. The van der Waals surface area contributed by atoms with Gasteiger partial charge in [-0.2, -0.15) is 4.39 Å². The third-order valence-electron chi connectivity index (χ3n) is 2.56. The van der Waals surface area contributed by atoms with Gasteiger partial charge in [0, 0.05) is 10.5 Å². The van der Waals surface area contributed by atoms with E-state index in [1.54, 1.807) is 0 Å². The lowest BCUT2D eigenvalue weighted by molar-refractivity contribution is -0.384. The van der Waals surface area contributed by atoms with E-state index in [-0.39, 0.29) is 23.1 Å². The summed E-state index contributed by atoms with van der Waals surface area (Å²) in [6, 6.07) is 6.30. The van der Waals surface area contributed by atoms with Crippen molar-refractivity contribution in [3.8, 4) is 5.75 Å². The van der Waals surface area contributed by atoms with Crippen molar-refractivity contribution in [2.45, 2.75) is 6.61 Å². The molecule has 0 fully saturated rings. The van der Waals surface area contributed by atoms with Crippen molar-refractivity contribution >= 4 is 33.2 Å². The van der Waals surface area contributed by atoms with Crippen LogP contribution in [0.4, 0.5) is 14.5 Å². The molecule has 110 valence electrons. The Balaban J connectivity index is 2.21. The van der Waals surface area contributed by atoms with Gasteiger partial charge in [0.2, 0.25) is 5.82 Å². The molecule has 0 saturated carbocycles. The van der Waals surface area contributed by atoms with E-state index in [9.17, 15) is 18.9 Å². The van der Waals surface area contributed by atoms with Gasteiger partial charge >= 0.3 is 0 Å². The predicted octanol–water partition coefficient (Wildman–Crippen LogP) is 4.87. The summed E-state index contributed by atoms with van der Waals surface area (Å²) in [7, 11) is 0. The van der Waals surface area contributed by atoms with Crippen LogP contribution in [0.5, 0.6) is 5.75 Å². The molecule has 0 aliphatic carbocycles. The average Bonchev–Trinajstić information content (AvgIpc) is 2.42. The zero-order valence-corrected chi connectivity index (χ0v) is 12.6. The van der Waals surface area contributed by atoms with Crippen LogP contribution in [0.1, 0.15) is 5.56 Å². The van der Waals surface area contributed by atoms with Crippen molar-refractivity contribution in [1.82, 2.24) is 0 Å². The SMILES string of the molecule is O=[N+]([O-])c1cc(COc2cc(Br)cc(F)c2F)ccc1Cl. The number of rotatable bonds is 4. The van der Waals surface area contributed by atoms with E-state index in [1.807, 2.05) is 0 Å². The van der Waals surface area contributed by atoms with Crippen LogP contribution in [0.25, 0.3) is 0 Å². The minimum Gasteiger partial charge on any atom is -0.486 e. The Morgan fingerprint density at radius 2 is 2.00 bits per heavy atom. The van der Waals surface area contributed by atoms with Gasteiger partial charge in [0.25, 0.3) is 5.69 Å². The molecule has 0 spiro atoms. The van der Waals surface area contributed by atoms with Crippen LogP contribution < -0.4 is 4.74 Å². The Kier molecular flexibility index (Phi) is 4.74. The molecule has 2 aromatic rings. The van der Waals surface area contributed by atoms with Crippen molar-refractivity contribution in [1.29, 1.82) is 0 Å². The maximum Gasteiger partial charge on any atom is 0.288 e. The average molecular weight is 379 g/mol. The number of hydrogen-bond donors (Lipinski definition) is 0. The number of nitro groups is 1. The van der Waals surface area contributed by atoms with E-state index < -0.39 is 16.6 Å². The zero-order chi connectivity index (χ0) is 15.6. The molecule has 0 aliphatic heterocycles. The Morgan fingerprint density at radius 3 is 2.67 bits per heavy atom. The van der Waals surface area contributed by atoms with Gasteiger partial charge < -0.3 is 4.74 Å². The second-order valence-corrected chi connectivity index (χ2v) is 5.35. The molecule has 0 radical (unpaired) electrons. The summed E-state index contributed by atoms with van der Waals surface area (Å²) in [6.45, 7) is -0.162. The fourth-order valence-corrected chi connectivity index (χ4v) is 2.18. The Bertz CT molecular complexity index is 712. The first-order valence-corrected chi connectivity index (χ1v) is 6.75. The Hall–Kier alpha value is -1.73. The highest BCUT2D eigenvalue weighted by atomic mass is 79.9. The van der Waals surface area contributed by atoms with Crippen LogP contribution in [0.15, 0.2) is 34.8 Å². The van der Waals surface area contributed by atoms with Crippen molar-refractivity contribution in [2.75, 3.05) is 0 Å². The molecule has 2 aromatic carbocycles. The van der Waals surface area contributed by atoms with Gasteiger partial charge in [-0.25, -0.2) is 4.39 Å².